The summed E-state index contributed by atoms with van der Waals surface area (Å²) < 4.78 is 85.9. The number of allylic oxidation sites excluding steroid dienone is 1. The van der Waals surface area contributed by atoms with Gasteiger partial charge in [-0.25, -0.2) is 0 Å². The van der Waals surface area contributed by atoms with Gasteiger partial charge in [0.25, 0.3) is 5.91 Å². The molecule has 0 spiro atoms. The highest BCUT2D eigenvalue weighted by Gasteiger charge is 2.42. The third-order valence-electron chi connectivity index (χ3n) is 4.01. The summed E-state index contributed by atoms with van der Waals surface area (Å²) in [5.41, 5.74) is -4.19. The van der Waals surface area contributed by atoms with Crippen molar-refractivity contribution in [2.45, 2.75) is 12.4 Å². The summed E-state index contributed by atoms with van der Waals surface area (Å²) in [5.74, 6) is -2.14. The molecule has 0 unspecified atom stereocenters. The summed E-state index contributed by atoms with van der Waals surface area (Å²) in [7, 11) is 0. The molecule has 2 aromatic carbocycles. The largest absolute Gasteiger partial charge is 0.457 e. The Labute approximate surface area is 166 Å². The molecule has 4 nitrogen and oxygen atoms in total. The van der Waals surface area contributed by atoms with Gasteiger partial charge in [0, 0.05) is 12.2 Å². The standard InChI is InChI=1S/C20H14F6N2O2/c21-19(22,23)12-10-15(20(24,25)26)17(18(29)28-13-6-8-27-9-7-13)16(11-12)30-14-4-2-1-3-5-14/h1-8,10-11,27H,9H2,(H,28,29). The van der Waals surface area contributed by atoms with Gasteiger partial charge in [-0.15, -0.1) is 0 Å². The van der Waals surface area contributed by atoms with Crippen LogP contribution in [-0.2, 0) is 12.4 Å². The van der Waals surface area contributed by atoms with Crippen LogP contribution in [0, 0.1) is 0 Å². The van der Waals surface area contributed by atoms with Crippen LogP contribution in [0.2, 0.25) is 0 Å². The number of para-hydroxylation sites is 1. The number of benzene rings is 2. The highest BCUT2D eigenvalue weighted by atomic mass is 19.4. The average molecular weight is 428 g/mol. The van der Waals surface area contributed by atoms with Crippen molar-refractivity contribution in [1.29, 1.82) is 0 Å². The first-order valence-electron chi connectivity index (χ1n) is 8.52. The molecule has 10 heteroatoms. The zero-order valence-electron chi connectivity index (χ0n) is 15.1. The number of nitrogens with one attached hydrogen (secondary N) is 2. The van der Waals surface area contributed by atoms with E-state index in [0.29, 0.717) is 12.6 Å². The second-order valence-electron chi connectivity index (χ2n) is 6.16. The van der Waals surface area contributed by atoms with E-state index in [4.69, 9.17) is 4.74 Å². The minimum absolute atomic E-state index is 0.0278. The highest BCUT2D eigenvalue weighted by molar-refractivity contribution is 6.00. The Balaban J connectivity index is 2.16. The molecule has 0 saturated heterocycles. The molecule has 30 heavy (non-hydrogen) atoms. The summed E-state index contributed by atoms with van der Waals surface area (Å²) >= 11 is 0. The maximum absolute atomic E-state index is 13.6. The fraction of sp³-hybridized carbons (Fsp3) is 0.150. The molecule has 0 radical (unpaired) electrons. The van der Waals surface area contributed by atoms with Gasteiger partial charge in [0.2, 0.25) is 0 Å². The third kappa shape index (κ3) is 4.94. The van der Waals surface area contributed by atoms with Crippen molar-refractivity contribution in [3.63, 3.8) is 0 Å². The fourth-order valence-electron chi connectivity index (χ4n) is 2.67. The normalized spacial score (nSPS) is 14.0. The molecule has 0 atom stereocenters. The van der Waals surface area contributed by atoms with Crippen molar-refractivity contribution in [3.8, 4) is 11.5 Å². The number of carbonyl (C=O) groups is 1. The average Bonchev–Trinajstić information content (AvgIpc) is 2.67. The van der Waals surface area contributed by atoms with Crippen LogP contribution in [0.3, 0.4) is 0 Å². The second kappa shape index (κ2) is 8.13. The molecule has 1 aliphatic heterocycles. The summed E-state index contributed by atoms with van der Waals surface area (Å²) in [6.45, 7) is 0.318. The molecule has 158 valence electrons. The third-order valence-corrected chi connectivity index (χ3v) is 4.01. The zero-order chi connectivity index (χ0) is 21.9. The number of ether oxygens (including phenoxy) is 1. The molecular weight excluding hydrogens is 414 g/mol. The van der Waals surface area contributed by atoms with Gasteiger partial charge in [-0.2, -0.15) is 26.3 Å². The zero-order valence-corrected chi connectivity index (χ0v) is 15.1. The quantitative estimate of drug-likeness (QED) is 0.655. The van der Waals surface area contributed by atoms with Gasteiger partial charge in [0.1, 0.15) is 11.5 Å². The molecule has 1 heterocycles. The van der Waals surface area contributed by atoms with E-state index in [1.807, 2.05) is 0 Å². The Bertz CT molecular complexity index is 995. The maximum atomic E-state index is 13.6. The molecule has 0 bridgehead atoms. The van der Waals surface area contributed by atoms with Crippen LogP contribution < -0.4 is 15.4 Å². The van der Waals surface area contributed by atoms with Gasteiger partial charge in [-0.1, -0.05) is 18.2 Å². The van der Waals surface area contributed by atoms with Crippen LogP contribution in [0.1, 0.15) is 21.5 Å². The van der Waals surface area contributed by atoms with Crippen LogP contribution in [0.4, 0.5) is 26.3 Å². The van der Waals surface area contributed by atoms with Crippen molar-refractivity contribution in [2.75, 3.05) is 6.54 Å². The predicted octanol–water partition coefficient (Wildman–Crippen LogP) is 5.25. The van der Waals surface area contributed by atoms with Crippen LogP contribution in [-0.4, -0.2) is 12.5 Å². The van der Waals surface area contributed by atoms with Crippen molar-refractivity contribution >= 4 is 5.91 Å². The van der Waals surface area contributed by atoms with E-state index in [-0.39, 0.29) is 17.5 Å². The van der Waals surface area contributed by atoms with Crippen molar-refractivity contribution in [2.24, 2.45) is 0 Å². The van der Waals surface area contributed by atoms with Crippen molar-refractivity contribution in [3.05, 3.63) is 83.2 Å². The molecule has 2 aromatic rings. The first kappa shape index (κ1) is 21.3. The summed E-state index contributed by atoms with van der Waals surface area (Å²) in [6, 6.07) is 7.52. The van der Waals surface area contributed by atoms with Gasteiger partial charge < -0.3 is 15.4 Å². The Morgan fingerprint density at radius 1 is 1.00 bits per heavy atom. The molecule has 0 aliphatic carbocycles. The number of hydrogen-bond donors (Lipinski definition) is 2. The Morgan fingerprint density at radius 2 is 1.70 bits per heavy atom. The first-order valence-corrected chi connectivity index (χ1v) is 8.52. The van der Waals surface area contributed by atoms with E-state index < -0.39 is 40.7 Å². The summed E-state index contributed by atoms with van der Waals surface area (Å²) in [5, 5.41) is 5.06. The van der Waals surface area contributed by atoms with Gasteiger partial charge in [-0.3, -0.25) is 4.79 Å². The smallest absolute Gasteiger partial charge is 0.417 e. The minimum atomic E-state index is -5.24. The number of alkyl halides is 6. The molecular formula is C20H14F6N2O2. The monoisotopic (exact) mass is 428 g/mol. The number of rotatable bonds is 4. The number of carbonyl (C=O) groups excluding carboxylic acids is 1. The van der Waals surface area contributed by atoms with Gasteiger partial charge in [-0.05, 0) is 42.6 Å². The Hall–Kier alpha value is -3.43. The SMILES string of the molecule is O=C(NC1=CCNC=C1)c1c(Oc2ccccc2)cc(C(F)(F)F)cc1C(F)(F)F. The molecule has 1 aliphatic rings. The predicted molar refractivity (Wildman–Crippen MR) is 95.7 cm³/mol. The topological polar surface area (TPSA) is 50.4 Å². The lowest BCUT2D eigenvalue weighted by atomic mass is 10.0. The lowest BCUT2D eigenvalue weighted by Gasteiger charge is -2.20. The van der Waals surface area contributed by atoms with E-state index in [1.54, 1.807) is 6.07 Å². The second-order valence-corrected chi connectivity index (χ2v) is 6.16. The fourth-order valence-corrected chi connectivity index (χ4v) is 2.67. The van der Waals surface area contributed by atoms with E-state index in [9.17, 15) is 31.1 Å². The number of dihydropyridines is 1. The van der Waals surface area contributed by atoms with Crippen LogP contribution in [0.25, 0.3) is 0 Å². The number of hydrogen-bond acceptors (Lipinski definition) is 3. The highest BCUT2D eigenvalue weighted by Crippen LogP contribution is 2.42. The maximum Gasteiger partial charge on any atom is 0.417 e. The van der Waals surface area contributed by atoms with Crippen molar-refractivity contribution in [1.82, 2.24) is 10.6 Å². The molecule has 1 amide bonds. The number of halogens is 6. The van der Waals surface area contributed by atoms with Crippen LogP contribution >= 0.6 is 0 Å². The molecule has 0 aromatic heterocycles. The van der Waals surface area contributed by atoms with E-state index in [1.165, 1.54) is 42.6 Å². The van der Waals surface area contributed by atoms with E-state index in [2.05, 4.69) is 10.6 Å². The Morgan fingerprint density at radius 3 is 2.27 bits per heavy atom. The molecule has 0 saturated carbocycles. The van der Waals surface area contributed by atoms with Crippen LogP contribution in [0.5, 0.6) is 11.5 Å². The number of amides is 1. The molecule has 3 rings (SSSR count). The lowest BCUT2D eigenvalue weighted by molar-refractivity contribution is -0.143. The van der Waals surface area contributed by atoms with E-state index >= 15 is 0 Å². The van der Waals surface area contributed by atoms with Gasteiger partial charge >= 0.3 is 12.4 Å². The van der Waals surface area contributed by atoms with Crippen molar-refractivity contribution < 1.29 is 35.9 Å². The van der Waals surface area contributed by atoms with Crippen LogP contribution in [0.15, 0.2) is 66.5 Å². The first-order chi connectivity index (χ1) is 14.1. The molecule has 2 N–H and O–H groups in total. The Kier molecular flexibility index (Phi) is 5.77. The van der Waals surface area contributed by atoms with E-state index in [0.717, 1.165) is 0 Å². The lowest BCUT2D eigenvalue weighted by Crippen LogP contribution is -2.28. The van der Waals surface area contributed by atoms with Gasteiger partial charge in [0.15, 0.2) is 0 Å². The minimum Gasteiger partial charge on any atom is -0.457 e. The summed E-state index contributed by atoms with van der Waals surface area (Å²) in [4.78, 5) is 12.7. The van der Waals surface area contributed by atoms with Gasteiger partial charge in [0.05, 0.1) is 16.7 Å². The summed E-state index contributed by atoms with van der Waals surface area (Å²) in [6.07, 6.45) is -5.96. The molecule has 0 fully saturated rings.